The van der Waals surface area contributed by atoms with Crippen LogP contribution in [-0.4, -0.2) is 5.11 Å². The van der Waals surface area contributed by atoms with Crippen LogP contribution in [0, 0.1) is 0 Å². The van der Waals surface area contributed by atoms with Gasteiger partial charge in [-0.1, -0.05) is 73.3 Å². The van der Waals surface area contributed by atoms with Crippen molar-refractivity contribution in [3.8, 4) is 0 Å². The molecule has 0 atom stereocenters. The summed E-state index contributed by atoms with van der Waals surface area (Å²) in [5.41, 5.74) is 0.551. The van der Waals surface area contributed by atoms with Crippen LogP contribution in [0.3, 0.4) is 0 Å². The van der Waals surface area contributed by atoms with Crippen LogP contribution in [0.15, 0.2) is 73.3 Å². The van der Waals surface area contributed by atoms with Gasteiger partial charge in [-0.05, 0) is 11.1 Å². The predicted molar refractivity (Wildman–Crippen MR) is 66.1 cm³/mol. The average molecular weight is 212 g/mol. The lowest BCUT2D eigenvalue weighted by Gasteiger charge is -2.25. The molecular weight excluding hydrogens is 198 g/mol. The third-order valence-corrected chi connectivity index (χ3v) is 2.72. The van der Waals surface area contributed by atoms with Crippen molar-refractivity contribution in [2.45, 2.75) is 5.60 Å². The fraction of sp³-hybridized carbons (Fsp3) is 0.0667. The molecule has 80 valence electrons. The van der Waals surface area contributed by atoms with Crippen LogP contribution in [-0.2, 0) is 5.60 Å². The third-order valence-electron chi connectivity index (χ3n) is 2.72. The third kappa shape index (κ3) is 1.77. The molecule has 0 saturated heterocycles. The van der Waals surface area contributed by atoms with Gasteiger partial charge in [0, 0.05) is 0 Å². The highest BCUT2D eigenvalue weighted by Gasteiger charge is 2.26. The summed E-state index contributed by atoms with van der Waals surface area (Å²) in [7, 11) is 0. The fourth-order valence-electron chi connectivity index (χ4n) is 1.79. The van der Waals surface area contributed by atoms with Crippen molar-refractivity contribution in [2.75, 3.05) is 0 Å². The molecule has 2 aromatic rings. The standard InChI is InChI=1S/C15H14O/c1-2-15(16,13-9-5-3-6-10-13)14-11-7-4-8-12-14/h2-12,16H,1H2/i16+2. The van der Waals surface area contributed by atoms with Crippen LogP contribution in [0.1, 0.15) is 11.1 Å². The summed E-state index contributed by atoms with van der Waals surface area (Å²) in [4.78, 5) is 0. The molecule has 0 aliphatic carbocycles. The lowest BCUT2D eigenvalue weighted by Crippen LogP contribution is -2.23. The van der Waals surface area contributed by atoms with E-state index in [2.05, 4.69) is 6.58 Å². The zero-order chi connectivity index (χ0) is 11.4. The summed E-state index contributed by atoms with van der Waals surface area (Å²) in [6.07, 6.45) is 1.57. The molecule has 0 fully saturated rings. The second-order valence-corrected chi connectivity index (χ2v) is 3.70. The fourth-order valence-corrected chi connectivity index (χ4v) is 1.79. The number of hydrogen-bond acceptors (Lipinski definition) is 1. The number of hydrogen-bond donors (Lipinski definition) is 1. The van der Waals surface area contributed by atoms with Crippen molar-refractivity contribution in [1.29, 1.82) is 0 Å². The molecule has 0 unspecified atom stereocenters. The molecule has 0 aromatic heterocycles. The van der Waals surface area contributed by atoms with Crippen LogP contribution in [0.5, 0.6) is 0 Å². The largest absolute Gasteiger partial charge is 0.377 e. The Morgan fingerprint density at radius 2 is 1.19 bits per heavy atom. The second kappa shape index (κ2) is 4.33. The molecule has 2 aromatic carbocycles. The van der Waals surface area contributed by atoms with Gasteiger partial charge in [-0.2, -0.15) is 0 Å². The topological polar surface area (TPSA) is 20.2 Å². The van der Waals surface area contributed by atoms with Crippen molar-refractivity contribution in [3.63, 3.8) is 0 Å². The van der Waals surface area contributed by atoms with Crippen LogP contribution in [0.25, 0.3) is 0 Å². The lowest BCUT2D eigenvalue weighted by molar-refractivity contribution is 0.135. The zero-order valence-corrected chi connectivity index (χ0v) is 9.01. The van der Waals surface area contributed by atoms with Crippen molar-refractivity contribution in [1.82, 2.24) is 0 Å². The lowest BCUT2D eigenvalue weighted by atomic mass is 9.88. The van der Waals surface area contributed by atoms with Gasteiger partial charge in [0.05, 0.1) is 0 Å². The van der Waals surface area contributed by atoms with E-state index < -0.39 is 5.60 Å². The number of benzene rings is 2. The van der Waals surface area contributed by atoms with Gasteiger partial charge in [0.25, 0.3) is 0 Å². The highest BCUT2D eigenvalue weighted by Crippen LogP contribution is 2.30. The first-order valence-corrected chi connectivity index (χ1v) is 5.24. The minimum absolute atomic E-state index is 0.830. The van der Waals surface area contributed by atoms with E-state index >= 15 is 0 Å². The maximum atomic E-state index is 10.6. The maximum Gasteiger partial charge on any atom is 0.133 e. The quantitative estimate of drug-likeness (QED) is 0.612. The Hall–Kier alpha value is -1.86. The Balaban J connectivity index is 2.53. The molecular formula is C15H14O. The van der Waals surface area contributed by atoms with Crippen LogP contribution >= 0.6 is 0 Å². The minimum atomic E-state index is -1.11. The van der Waals surface area contributed by atoms with Gasteiger partial charge in [-0.15, -0.1) is 0 Å². The first-order chi connectivity index (χ1) is 7.77. The molecule has 0 radical (unpaired) electrons. The molecule has 1 nitrogen and oxygen atoms in total. The summed E-state index contributed by atoms with van der Waals surface area (Å²) < 4.78 is 0. The van der Waals surface area contributed by atoms with E-state index in [1.165, 1.54) is 0 Å². The van der Waals surface area contributed by atoms with Gasteiger partial charge in [-0.3, -0.25) is 0 Å². The van der Waals surface area contributed by atoms with Gasteiger partial charge in [0.1, 0.15) is 5.60 Å². The smallest absolute Gasteiger partial charge is 0.133 e. The van der Waals surface area contributed by atoms with Gasteiger partial charge in [0.2, 0.25) is 0 Å². The normalized spacial score (nSPS) is 11.1. The maximum absolute atomic E-state index is 10.6. The Bertz CT molecular complexity index is 420. The summed E-state index contributed by atoms with van der Waals surface area (Å²) in [5.74, 6) is 0. The average Bonchev–Trinajstić information content (AvgIpc) is 2.40. The zero-order valence-electron chi connectivity index (χ0n) is 9.01. The van der Waals surface area contributed by atoms with Crippen molar-refractivity contribution in [2.24, 2.45) is 0 Å². The van der Waals surface area contributed by atoms with Gasteiger partial charge < -0.3 is 5.11 Å². The summed E-state index contributed by atoms with van der Waals surface area (Å²) in [5, 5.41) is 10.6. The van der Waals surface area contributed by atoms with E-state index in [0.717, 1.165) is 11.1 Å². The van der Waals surface area contributed by atoms with Crippen LogP contribution in [0.4, 0.5) is 0 Å². The van der Waals surface area contributed by atoms with E-state index in [4.69, 9.17) is 0 Å². The van der Waals surface area contributed by atoms with Gasteiger partial charge in [-0.25, -0.2) is 0 Å². The van der Waals surface area contributed by atoms with Crippen molar-refractivity contribution < 1.29 is 5.11 Å². The highest BCUT2D eigenvalue weighted by molar-refractivity contribution is 5.39. The Morgan fingerprint density at radius 3 is 1.50 bits per heavy atom. The van der Waals surface area contributed by atoms with Gasteiger partial charge >= 0.3 is 0 Å². The SMILES string of the molecule is C=CC([18OH])(c1ccccc1)c1ccccc1. The summed E-state index contributed by atoms with van der Waals surface area (Å²) in [6, 6.07) is 19.1. The van der Waals surface area contributed by atoms with Crippen molar-refractivity contribution in [3.05, 3.63) is 84.4 Å². The van der Waals surface area contributed by atoms with Gasteiger partial charge in [0.15, 0.2) is 0 Å². The predicted octanol–water partition coefficient (Wildman–Crippen LogP) is 3.11. The molecule has 0 spiro atoms. The molecule has 1 heteroatoms. The molecule has 0 amide bonds. The molecule has 16 heavy (non-hydrogen) atoms. The minimum Gasteiger partial charge on any atom is -0.377 e. The molecule has 0 bridgehead atoms. The molecule has 0 saturated carbocycles. The Labute approximate surface area is 95.7 Å². The molecule has 0 aliphatic heterocycles. The Kier molecular flexibility index (Phi) is 2.88. The first-order valence-electron chi connectivity index (χ1n) is 5.24. The van der Waals surface area contributed by atoms with E-state index in [0.29, 0.717) is 0 Å². The van der Waals surface area contributed by atoms with Crippen LogP contribution in [0.2, 0.25) is 0 Å². The van der Waals surface area contributed by atoms with E-state index in [9.17, 15) is 5.11 Å². The molecule has 2 rings (SSSR count). The first kappa shape index (κ1) is 10.7. The second-order valence-electron chi connectivity index (χ2n) is 3.70. The van der Waals surface area contributed by atoms with E-state index in [-0.39, 0.29) is 0 Å². The van der Waals surface area contributed by atoms with Crippen LogP contribution < -0.4 is 0 Å². The van der Waals surface area contributed by atoms with E-state index in [1.54, 1.807) is 6.08 Å². The van der Waals surface area contributed by atoms with E-state index in [1.807, 2.05) is 60.7 Å². The summed E-state index contributed by atoms with van der Waals surface area (Å²) in [6.45, 7) is 3.74. The number of aliphatic hydroxyl groups is 1. The number of rotatable bonds is 3. The Morgan fingerprint density at radius 1 is 0.812 bits per heavy atom. The molecule has 1 N–H and O–H groups in total. The molecule has 0 aliphatic rings. The summed E-state index contributed by atoms with van der Waals surface area (Å²) >= 11 is 0. The highest BCUT2D eigenvalue weighted by atomic mass is 18.2. The van der Waals surface area contributed by atoms with Crippen molar-refractivity contribution >= 4 is 0 Å². The molecule has 0 heterocycles. The monoisotopic (exact) mass is 212 g/mol.